The summed E-state index contributed by atoms with van der Waals surface area (Å²) in [5.74, 6) is -0.816. The highest BCUT2D eigenvalue weighted by molar-refractivity contribution is 6.37. The van der Waals surface area contributed by atoms with E-state index in [1.54, 1.807) is 18.2 Å². The van der Waals surface area contributed by atoms with Crippen molar-refractivity contribution >= 4 is 29.0 Å². The van der Waals surface area contributed by atoms with E-state index in [2.05, 4.69) is 0 Å². The maximum atomic E-state index is 13.0. The lowest BCUT2D eigenvalue weighted by atomic mass is 9.97. The fraction of sp³-hybridized carbons (Fsp3) is 0.105. The van der Waals surface area contributed by atoms with Crippen LogP contribution < -0.4 is 5.56 Å². The molecule has 8 heteroatoms. The van der Waals surface area contributed by atoms with Crippen LogP contribution in [-0.4, -0.2) is 15.5 Å². The molecule has 0 aliphatic heterocycles. The average Bonchev–Trinajstić information content (AvgIpc) is 3.12. The Morgan fingerprint density at radius 2 is 2.07 bits per heavy atom. The number of halogens is 2. The van der Waals surface area contributed by atoms with Crippen LogP contribution in [0.3, 0.4) is 0 Å². The Labute approximate surface area is 163 Å². The summed E-state index contributed by atoms with van der Waals surface area (Å²) in [5.41, 5.74) is -0.976. The second-order valence-electron chi connectivity index (χ2n) is 5.73. The molecule has 0 bridgehead atoms. The van der Waals surface area contributed by atoms with Crippen LogP contribution in [-0.2, 0) is 6.54 Å². The van der Waals surface area contributed by atoms with Crippen LogP contribution in [0.2, 0.25) is 10.0 Å². The summed E-state index contributed by atoms with van der Waals surface area (Å²) in [7, 11) is 0. The number of nitriles is 1. The van der Waals surface area contributed by atoms with Crippen LogP contribution in [0.15, 0.2) is 45.8 Å². The molecule has 27 heavy (non-hydrogen) atoms. The molecule has 2 aromatic heterocycles. The van der Waals surface area contributed by atoms with Gasteiger partial charge in [0.05, 0.1) is 23.4 Å². The van der Waals surface area contributed by atoms with Gasteiger partial charge in [0.25, 0.3) is 5.56 Å². The lowest BCUT2D eigenvalue weighted by Crippen LogP contribution is -2.27. The fourth-order valence-corrected chi connectivity index (χ4v) is 3.23. The molecule has 136 valence electrons. The minimum Gasteiger partial charge on any atom is -0.494 e. The molecule has 3 aromatic rings. The van der Waals surface area contributed by atoms with E-state index in [0.717, 1.165) is 4.57 Å². The maximum Gasteiger partial charge on any atom is 0.271 e. The molecule has 0 radical (unpaired) electrons. The van der Waals surface area contributed by atoms with Crippen molar-refractivity contribution in [2.75, 3.05) is 0 Å². The van der Waals surface area contributed by atoms with Crippen molar-refractivity contribution in [2.45, 2.75) is 13.5 Å². The summed E-state index contributed by atoms with van der Waals surface area (Å²) in [5, 5.41) is 20.5. The van der Waals surface area contributed by atoms with Gasteiger partial charge >= 0.3 is 0 Å². The zero-order valence-electron chi connectivity index (χ0n) is 14.0. The SMILES string of the molecule is Cc1c(C(=O)c2ccc(Cl)cc2Cl)c(O)n(Cc2ccco2)c(=O)c1C#N. The van der Waals surface area contributed by atoms with Gasteiger partial charge in [-0.2, -0.15) is 5.26 Å². The standard InChI is InChI=1S/C19H12Cl2N2O4/c1-10-14(8-22)18(25)23(9-12-3-2-6-27-12)19(26)16(10)17(24)13-5-4-11(20)7-15(13)21/h2-7,26H,9H2,1H3. The van der Waals surface area contributed by atoms with E-state index in [4.69, 9.17) is 27.6 Å². The zero-order valence-corrected chi connectivity index (χ0v) is 15.5. The van der Waals surface area contributed by atoms with Gasteiger partial charge < -0.3 is 9.52 Å². The lowest BCUT2D eigenvalue weighted by molar-refractivity contribution is 0.103. The third-order valence-corrected chi connectivity index (χ3v) is 4.64. The molecule has 1 N–H and O–H groups in total. The number of carbonyl (C=O) groups excluding carboxylic acids is 1. The minimum atomic E-state index is -0.720. The number of aromatic nitrogens is 1. The van der Waals surface area contributed by atoms with Gasteiger partial charge in [-0.25, -0.2) is 0 Å². The fourth-order valence-electron chi connectivity index (χ4n) is 2.74. The molecular formula is C19H12Cl2N2O4. The third kappa shape index (κ3) is 3.35. The van der Waals surface area contributed by atoms with Crippen molar-refractivity contribution in [1.82, 2.24) is 4.57 Å². The molecule has 6 nitrogen and oxygen atoms in total. The first-order valence-corrected chi connectivity index (χ1v) is 8.49. The van der Waals surface area contributed by atoms with Gasteiger partial charge in [0.1, 0.15) is 17.4 Å². The number of carbonyl (C=O) groups is 1. The van der Waals surface area contributed by atoms with Gasteiger partial charge in [0.15, 0.2) is 5.78 Å². The molecule has 0 atom stereocenters. The summed E-state index contributed by atoms with van der Waals surface area (Å²) in [6.45, 7) is 1.29. The predicted molar refractivity (Wildman–Crippen MR) is 99.5 cm³/mol. The van der Waals surface area contributed by atoms with Crippen LogP contribution >= 0.6 is 23.2 Å². The molecule has 0 unspecified atom stereocenters. The maximum absolute atomic E-state index is 13.0. The number of hydrogen-bond acceptors (Lipinski definition) is 5. The number of furan rings is 1. The topological polar surface area (TPSA) is 96.2 Å². The Balaban J connectivity index is 2.24. The largest absolute Gasteiger partial charge is 0.494 e. The number of hydrogen-bond donors (Lipinski definition) is 1. The molecular weight excluding hydrogens is 391 g/mol. The molecule has 0 amide bonds. The van der Waals surface area contributed by atoms with Gasteiger partial charge in [0.2, 0.25) is 5.88 Å². The van der Waals surface area contributed by atoms with Gasteiger partial charge in [-0.1, -0.05) is 23.2 Å². The van der Waals surface area contributed by atoms with E-state index in [-0.39, 0.29) is 33.8 Å². The van der Waals surface area contributed by atoms with Gasteiger partial charge in [0, 0.05) is 10.6 Å². The minimum absolute atomic E-state index is 0.0757. The summed E-state index contributed by atoms with van der Waals surface area (Å²) in [6, 6.07) is 9.32. The zero-order chi connectivity index (χ0) is 19.7. The highest BCUT2D eigenvalue weighted by Crippen LogP contribution is 2.29. The predicted octanol–water partition coefficient (Wildman–Crippen LogP) is 3.91. The number of nitrogens with zero attached hydrogens (tertiary/aromatic N) is 2. The molecule has 0 aliphatic carbocycles. The summed E-state index contributed by atoms with van der Waals surface area (Å²) >= 11 is 12.0. The average molecular weight is 403 g/mol. The number of aromatic hydroxyl groups is 1. The molecule has 1 aromatic carbocycles. The van der Waals surface area contributed by atoms with Crippen molar-refractivity contribution in [2.24, 2.45) is 0 Å². The second-order valence-corrected chi connectivity index (χ2v) is 6.58. The highest BCUT2D eigenvalue weighted by Gasteiger charge is 2.26. The smallest absolute Gasteiger partial charge is 0.271 e. The Hall–Kier alpha value is -3.01. The second kappa shape index (κ2) is 7.31. The van der Waals surface area contributed by atoms with E-state index in [0.29, 0.717) is 10.8 Å². The van der Waals surface area contributed by atoms with Crippen LogP contribution in [0.25, 0.3) is 0 Å². The van der Waals surface area contributed by atoms with E-state index in [1.807, 2.05) is 0 Å². The normalized spacial score (nSPS) is 10.6. The van der Waals surface area contributed by atoms with Gasteiger partial charge in [-0.15, -0.1) is 0 Å². The van der Waals surface area contributed by atoms with Crippen molar-refractivity contribution in [3.05, 3.63) is 85.0 Å². The first-order chi connectivity index (χ1) is 12.8. The van der Waals surface area contributed by atoms with Gasteiger partial charge in [-0.3, -0.25) is 14.2 Å². The Morgan fingerprint density at radius 3 is 2.67 bits per heavy atom. The first-order valence-electron chi connectivity index (χ1n) is 7.73. The highest BCUT2D eigenvalue weighted by atomic mass is 35.5. The molecule has 0 saturated carbocycles. The van der Waals surface area contributed by atoms with Crippen molar-refractivity contribution in [3.63, 3.8) is 0 Å². The summed E-state index contributed by atoms with van der Waals surface area (Å²) < 4.78 is 6.11. The summed E-state index contributed by atoms with van der Waals surface area (Å²) in [6.07, 6.45) is 1.41. The van der Waals surface area contributed by atoms with E-state index < -0.39 is 17.2 Å². The van der Waals surface area contributed by atoms with Crippen LogP contribution in [0.4, 0.5) is 0 Å². The lowest BCUT2D eigenvalue weighted by Gasteiger charge is -2.15. The summed E-state index contributed by atoms with van der Waals surface area (Å²) in [4.78, 5) is 25.6. The number of ketones is 1. The van der Waals surface area contributed by atoms with E-state index in [1.165, 1.54) is 31.4 Å². The molecule has 0 aliphatic rings. The third-order valence-electron chi connectivity index (χ3n) is 4.10. The Morgan fingerprint density at radius 1 is 1.33 bits per heavy atom. The molecule has 0 fully saturated rings. The van der Waals surface area contributed by atoms with E-state index in [9.17, 15) is 20.0 Å². The quantitative estimate of drug-likeness (QED) is 0.667. The van der Waals surface area contributed by atoms with Crippen LogP contribution in [0.5, 0.6) is 5.88 Å². The van der Waals surface area contributed by atoms with Crippen molar-refractivity contribution in [1.29, 1.82) is 5.26 Å². The molecule has 0 saturated heterocycles. The van der Waals surface area contributed by atoms with Crippen molar-refractivity contribution in [3.8, 4) is 11.9 Å². The number of benzene rings is 1. The van der Waals surface area contributed by atoms with Crippen molar-refractivity contribution < 1.29 is 14.3 Å². The first kappa shape index (κ1) is 18.8. The number of rotatable bonds is 4. The molecule has 3 rings (SSSR count). The number of pyridine rings is 1. The van der Waals surface area contributed by atoms with Gasteiger partial charge in [-0.05, 0) is 42.8 Å². The molecule has 2 heterocycles. The Bertz CT molecular complexity index is 1140. The monoisotopic (exact) mass is 402 g/mol. The Kier molecular flexibility index (Phi) is 5.08. The van der Waals surface area contributed by atoms with E-state index >= 15 is 0 Å². The van der Waals surface area contributed by atoms with Crippen LogP contribution in [0, 0.1) is 18.3 Å². The van der Waals surface area contributed by atoms with Crippen LogP contribution in [0.1, 0.15) is 32.8 Å². The molecule has 0 spiro atoms.